The molecule has 0 aliphatic rings. The third kappa shape index (κ3) is 4.98. The summed E-state index contributed by atoms with van der Waals surface area (Å²) in [5.41, 5.74) is 0.847. The van der Waals surface area contributed by atoms with Crippen LogP contribution in [-0.4, -0.2) is 27.8 Å². The molecule has 3 rings (SSSR count). The summed E-state index contributed by atoms with van der Waals surface area (Å²) in [6.45, 7) is 2.46. The molecule has 8 heteroatoms. The molecule has 2 aromatic carbocycles. The maximum Gasteiger partial charge on any atom is 0.287 e. The van der Waals surface area contributed by atoms with Gasteiger partial charge < -0.3 is 10.1 Å². The molecule has 28 heavy (non-hydrogen) atoms. The molecule has 144 valence electrons. The Hall–Kier alpha value is -3.13. The first-order chi connectivity index (χ1) is 13.6. The van der Waals surface area contributed by atoms with Crippen molar-refractivity contribution in [3.05, 3.63) is 77.1 Å². The van der Waals surface area contributed by atoms with Crippen LogP contribution in [-0.2, 0) is 4.79 Å². The lowest BCUT2D eigenvalue weighted by atomic mass is 10.3. The van der Waals surface area contributed by atoms with Crippen molar-refractivity contribution in [3.8, 4) is 11.4 Å². The van der Waals surface area contributed by atoms with Gasteiger partial charge in [0.25, 0.3) is 5.56 Å². The molecule has 6 nitrogen and oxygen atoms in total. The van der Waals surface area contributed by atoms with Crippen LogP contribution in [0.4, 0.5) is 10.1 Å². The number of rotatable bonds is 7. The van der Waals surface area contributed by atoms with E-state index in [0.29, 0.717) is 18.0 Å². The van der Waals surface area contributed by atoms with E-state index in [1.54, 1.807) is 30.5 Å². The third-order valence-corrected chi connectivity index (χ3v) is 4.66. The number of hydrogen-bond acceptors (Lipinski definition) is 5. The minimum Gasteiger partial charge on any atom is -0.494 e. The van der Waals surface area contributed by atoms with Crippen molar-refractivity contribution >= 4 is 23.4 Å². The number of carbonyl (C=O) groups excluding carboxylic acids is 1. The fourth-order valence-electron chi connectivity index (χ4n) is 2.43. The van der Waals surface area contributed by atoms with Gasteiger partial charge in [0, 0.05) is 23.8 Å². The van der Waals surface area contributed by atoms with E-state index < -0.39 is 0 Å². The molecule has 0 aliphatic carbocycles. The lowest BCUT2D eigenvalue weighted by Crippen LogP contribution is -2.22. The summed E-state index contributed by atoms with van der Waals surface area (Å²) in [5.74, 6) is 0.0396. The number of nitrogens with zero attached hydrogens (tertiary/aromatic N) is 2. The predicted molar refractivity (Wildman–Crippen MR) is 107 cm³/mol. The minimum absolute atomic E-state index is 0.00685. The Morgan fingerprint density at radius 2 is 1.89 bits per heavy atom. The van der Waals surface area contributed by atoms with Crippen LogP contribution in [0.15, 0.2) is 70.7 Å². The van der Waals surface area contributed by atoms with Crippen LogP contribution < -0.4 is 15.6 Å². The maximum absolute atomic E-state index is 12.9. The molecule has 0 unspecified atom stereocenters. The highest BCUT2D eigenvalue weighted by atomic mass is 32.2. The molecule has 3 aromatic rings. The summed E-state index contributed by atoms with van der Waals surface area (Å²) < 4.78 is 19.8. The zero-order valence-corrected chi connectivity index (χ0v) is 15.9. The number of benzene rings is 2. The fraction of sp³-hybridized carbons (Fsp3) is 0.150. The van der Waals surface area contributed by atoms with Crippen LogP contribution in [0.2, 0.25) is 0 Å². The fourth-order valence-corrected chi connectivity index (χ4v) is 3.13. The lowest BCUT2D eigenvalue weighted by molar-refractivity contribution is -0.113. The van der Waals surface area contributed by atoms with Gasteiger partial charge in [-0.2, -0.15) is 0 Å². The van der Waals surface area contributed by atoms with Gasteiger partial charge in [-0.1, -0.05) is 11.8 Å². The third-order valence-electron chi connectivity index (χ3n) is 3.70. The van der Waals surface area contributed by atoms with E-state index in [0.717, 1.165) is 17.5 Å². The Bertz CT molecular complexity index is 1000. The van der Waals surface area contributed by atoms with Gasteiger partial charge in [-0.25, -0.2) is 9.37 Å². The first-order valence-electron chi connectivity index (χ1n) is 8.56. The topological polar surface area (TPSA) is 73.2 Å². The van der Waals surface area contributed by atoms with E-state index in [-0.39, 0.29) is 28.1 Å². The van der Waals surface area contributed by atoms with Crippen molar-refractivity contribution in [3.63, 3.8) is 0 Å². The number of nitrogens with one attached hydrogen (secondary N) is 1. The first kappa shape index (κ1) is 19.6. The highest BCUT2D eigenvalue weighted by molar-refractivity contribution is 7.99. The summed E-state index contributed by atoms with van der Waals surface area (Å²) in [5, 5.41) is 2.86. The largest absolute Gasteiger partial charge is 0.494 e. The summed E-state index contributed by atoms with van der Waals surface area (Å²) >= 11 is 1.04. The van der Waals surface area contributed by atoms with Crippen LogP contribution in [0.1, 0.15) is 6.92 Å². The predicted octanol–water partition coefficient (Wildman–Crippen LogP) is 3.50. The summed E-state index contributed by atoms with van der Waals surface area (Å²) in [6.07, 6.45) is 3.08. The summed E-state index contributed by atoms with van der Waals surface area (Å²) in [6, 6.07) is 12.6. The maximum atomic E-state index is 12.9. The van der Waals surface area contributed by atoms with E-state index in [2.05, 4.69) is 10.3 Å². The first-order valence-corrected chi connectivity index (χ1v) is 9.54. The monoisotopic (exact) mass is 399 g/mol. The Balaban J connectivity index is 1.68. The number of halogens is 1. The van der Waals surface area contributed by atoms with Gasteiger partial charge in [-0.3, -0.25) is 14.2 Å². The SMILES string of the molecule is CCOc1ccc(-n2ccnc(SCC(=O)Nc3ccc(F)cc3)c2=O)cc1. The molecular weight excluding hydrogens is 381 g/mol. The highest BCUT2D eigenvalue weighted by Crippen LogP contribution is 2.16. The second kappa shape index (κ2) is 9.18. The van der Waals surface area contributed by atoms with Gasteiger partial charge in [0.15, 0.2) is 5.03 Å². The Kier molecular flexibility index (Phi) is 6.44. The van der Waals surface area contributed by atoms with Gasteiger partial charge in [-0.15, -0.1) is 0 Å². The molecule has 0 fully saturated rings. The summed E-state index contributed by atoms with van der Waals surface area (Å²) in [7, 11) is 0. The van der Waals surface area contributed by atoms with E-state index in [1.165, 1.54) is 35.0 Å². The molecule has 0 bridgehead atoms. The van der Waals surface area contributed by atoms with Crippen LogP contribution in [0.5, 0.6) is 5.75 Å². The van der Waals surface area contributed by atoms with Crippen molar-refractivity contribution in [2.24, 2.45) is 0 Å². The Labute approximate surface area is 165 Å². The molecule has 1 N–H and O–H groups in total. The van der Waals surface area contributed by atoms with Gasteiger partial charge in [0.2, 0.25) is 5.91 Å². The normalized spacial score (nSPS) is 10.5. The van der Waals surface area contributed by atoms with Crippen molar-refractivity contribution < 1.29 is 13.9 Å². The van der Waals surface area contributed by atoms with E-state index in [4.69, 9.17) is 4.74 Å². The Morgan fingerprint density at radius 1 is 1.18 bits per heavy atom. The molecule has 0 saturated heterocycles. The van der Waals surface area contributed by atoms with Crippen LogP contribution in [0.25, 0.3) is 5.69 Å². The van der Waals surface area contributed by atoms with E-state index >= 15 is 0 Å². The smallest absolute Gasteiger partial charge is 0.287 e. The summed E-state index contributed by atoms with van der Waals surface area (Å²) in [4.78, 5) is 28.8. The molecule has 1 amide bonds. The number of ether oxygens (including phenoxy) is 1. The van der Waals surface area contributed by atoms with Crippen LogP contribution >= 0.6 is 11.8 Å². The number of hydrogen-bond donors (Lipinski definition) is 1. The van der Waals surface area contributed by atoms with Crippen molar-refractivity contribution in [2.75, 3.05) is 17.7 Å². The Morgan fingerprint density at radius 3 is 2.57 bits per heavy atom. The molecule has 1 heterocycles. The van der Waals surface area contributed by atoms with E-state index in [9.17, 15) is 14.0 Å². The number of aromatic nitrogens is 2. The number of carbonyl (C=O) groups is 1. The van der Waals surface area contributed by atoms with Crippen molar-refractivity contribution in [1.82, 2.24) is 9.55 Å². The minimum atomic E-state index is -0.379. The number of amides is 1. The van der Waals surface area contributed by atoms with Crippen molar-refractivity contribution in [1.29, 1.82) is 0 Å². The molecular formula is C20H18FN3O3S. The van der Waals surface area contributed by atoms with Gasteiger partial charge in [0.1, 0.15) is 11.6 Å². The molecule has 0 spiro atoms. The lowest BCUT2D eigenvalue weighted by Gasteiger charge is -2.09. The van der Waals surface area contributed by atoms with Gasteiger partial charge in [-0.05, 0) is 55.5 Å². The molecule has 0 aliphatic heterocycles. The molecule has 1 aromatic heterocycles. The van der Waals surface area contributed by atoms with Crippen LogP contribution in [0, 0.1) is 5.82 Å². The number of thioether (sulfide) groups is 1. The highest BCUT2D eigenvalue weighted by Gasteiger charge is 2.10. The van der Waals surface area contributed by atoms with E-state index in [1.807, 2.05) is 6.92 Å². The second-order valence-electron chi connectivity index (χ2n) is 5.68. The molecule has 0 saturated carbocycles. The quantitative estimate of drug-likeness (QED) is 0.616. The second-order valence-corrected chi connectivity index (χ2v) is 6.64. The van der Waals surface area contributed by atoms with Gasteiger partial charge >= 0.3 is 0 Å². The molecule has 0 atom stereocenters. The van der Waals surface area contributed by atoms with Gasteiger partial charge in [0.05, 0.1) is 12.4 Å². The standard InChI is InChI=1S/C20H18FN3O3S/c1-2-27-17-9-7-16(8-10-17)24-12-11-22-19(20(24)26)28-13-18(25)23-15-5-3-14(21)4-6-15/h3-12H,2,13H2,1H3,(H,23,25). The molecule has 0 radical (unpaired) electrons. The van der Waals surface area contributed by atoms with Crippen molar-refractivity contribution in [2.45, 2.75) is 11.9 Å². The average Bonchev–Trinajstić information content (AvgIpc) is 2.70. The zero-order valence-electron chi connectivity index (χ0n) is 15.1. The number of anilines is 1. The van der Waals surface area contributed by atoms with Crippen LogP contribution in [0.3, 0.4) is 0 Å². The zero-order chi connectivity index (χ0) is 19.9. The average molecular weight is 399 g/mol.